The van der Waals surface area contributed by atoms with Crippen molar-refractivity contribution in [3.05, 3.63) is 53.6 Å². The highest BCUT2D eigenvalue weighted by molar-refractivity contribution is 5.67. The van der Waals surface area contributed by atoms with E-state index in [1.54, 1.807) is 17.4 Å². The van der Waals surface area contributed by atoms with Crippen LogP contribution < -0.4 is 0 Å². The van der Waals surface area contributed by atoms with Gasteiger partial charge in [-0.1, -0.05) is 18.2 Å². The van der Waals surface area contributed by atoms with Crippen LogP contribution in [0.25, 0.3) is 17.3 Å². The molecule has 0 unspecified atom stereocenters. The van der Waals surface area contributed by atoms with Gasteiger partial charge in [-0.05, 0) is 30.7 Å². The average Bonchev–Trinajstić information content (AvgIpc) is 3.00. The second-order valence-electron chi connectivity index (χ2n) is 5.39. The van der Waals surface area contributed by atoms with Gasteiger partial charge in [-0.25, -0.2) is 0 Å². The van der Waals surface area contributed by atoms with E-state index in [2.05, 4.69) is 50.7 Å². The summed E-state index contributed by atoms with van der Waals surface area (Å²) in [6.07, 6.45) is 11.5. The minimum atomic E-state index is 0.768. The minimum absolute atomic E-state index is 0.768. The summed E-state index contributed by atoms with van der Waals surface area (Å²) in [5.74, 6) is 0. The van der Waals surface area contributed by atoms with E-state index in [0.717, 1.165) is 42.0 Å². The lowest BCUT2D eigenvalue weighted by Gasteiger charge is -2.12. The molecule has 0 fully saturated rings. The van der Waals surface area contributed by atoms with Gasteiger partial charge >= 0.3 is 0 Å². The Morgan fingerprint density at radius 1 is 1.30 bits per heavy atom. The highest BCUT2D eigenvalue weighted by Crippen LogP contribution is 2.25. The summed E-state index contributed by atoms with van der Waals surface area (Å²) in [6, 6.07) is 3.96. The lowest BCUT2D eigenvalue weighted by Crippen LogP contribution is -2.12. The smallest absolute Gasteiger partial charge is 0.0959 e. The molecule has 0 amide bonds. The molecule has 1 N–H and O–H groups in total. The molecule has 0 aliphatic carbocycles. The van der Waals surface area contributed by atoms with E-state index in [1.165, 1.54) is 5.56 Å². The van der Waals surface area contributed by atoms with Gasteiger partial charge in [-0.2, -0.15) is 5.10 Å². The summed E-state index contributed by atoms with van der Waals surface area (Å²) in [5.41, 5.74) is 5.33. The fraction of sp³-hybridized carbons (Fsp3) is 0.294. The van der Waals surface area contributed by atoms with Crippen molar-refractivity contribution in [3.63, 3.8) is 0 Å². The molecule has 23 heavy (non-hydrogen) atoms. The largest absolute Gasteiger partial charge is 0.278 e. The van der Waals surface area contributed by atoms with Crippen molar-refractivity contribution in [2.75, 3.05) is 13.6 Å². The number of aromatic nitrogens is 3. The van der Waals surface area contributed by atoms with Crippen LogP contribution in [0.5, 0.6) is 0 Å². The van der Waals surface area contributed by atoms with Crippen LogP contribution in [0.1, 0.15) is 24.6 Å². The maximum atomic E-state index is 4.47. The lowest BCUT2D eigenvalue weighted by molar-refractivity contribution is 0.353. The molecule has 0 spiro atoms. The Morgan fingerprint density at radius 3 is 2.83 bits per heavy atom. The van der Waals surface area contributed by atoms with E-state index in [-0.39, 0.29) is 0 Å². The first-order valence-electron chi connectivity index (χ1n) is 7.74. The molecule has 118 valence electrons. The van der Waals surface area contributed by atoms with E-state index in [9.17, 15) is 0 Å². The molecule has 0 saturated carbocycles. The van der Waals surface area contributed by atoms with Gasteiger partial charge in [0.25, 0.3) is 0 Å². The molecule has 2 aromatic heterocycles. The second kappa shape index (κ2) is 7.00. The van der Waals surface area contributed by atoms with Gasteiger partial charge < -0.3 is 0 Å². The van der Waals surface area contributed by atoms with Crippen LogP contribution in [-0.2, 0) is 6.42 Å². The molecule has 0 aromatic carbocycles. The number of allylic oxidation sites excluding steroid dienone is 1. The molecule has 3 rings (SSSR count). The van der Waals surface area contributed by atoms with Crippen LogP contribution in [0.2, 0.25) is 0 Å². The van der Waals surface area contributed by atoms with Crippen LogP contribution in [0, 0.1) is 0 Å². The van der Waals surface area contributed by atoms with Crippen molar-refractivity contribution < 1.29 is 0 Å². The Hall–Kier alpha value is -2.76. The summed E-state index contributed by atoms with van der Waals surface area (Å²) in [4.78, 5) is 4.06. The van der Waals surface area contributed by atoms with Crippen LogP contribution >= 0.6 is 0 Å². The van der Waals surface area contributed by atoms with Gasteiger partial charge in [-0.3, -0.25) is 15.1 Å². The van der Waals surface area contributed by atoms with Crippen molar-refractivity contribution >= 4 is 6.08 Å². The number of nitrogens with zero attached hydrogens (tertiary/aromatic N) is 5. The third-order valence-corrected chi connectivity index (χ3v) is 3.73. The molecule has 0 saturated heterocycles. The summed E-state index contributed by atoms with van der Waals surface area (Å²) >= 11 is 0. The molecule has 6 nitrogen and oxygen atoms in total. The molecule has 1 aliphatic rings. The summed E-state index contributed by atoms with van der Waals surface area (Å²) in [5, 5.41) is 17.6. The number of H-pyrrole nitrogens is 1. The molecule has 0 radical (unpaired) electrons. The van der Waals surface area contributed by atoms with Gasteiger partial charge in [0.15, 0.2) is 0 Å². The zero-order valence-electron chi connectivity index (χ0n) is 13.4. The molecule has 0 atom stereocenters. The van der Waals surface area contributed by atoms with Crippen molar-refractivity contribution in [2.45, 2.75) is 19.8 Å². The molecule has 3 heterocycles. The van der Waals surface area contributed by atoms with E-state index in [4.69, 9.17) is 0 Å². The van der Waals surface area contributed by atoms with E-state index in [0.29, 0.717) is 0 Å². The quantitative estimate of drug-likeness (QED) is 0.917. The SMILES string of the molecule is CCc1c(-c2ccncc2)n[nH]c1/C=C\CC1=CCN(C)N=N1. The van der Waals surface area contributed by atoms with E-state index >= 15 is 0 Å². The van der Waals surface area contributed by atoms with Crippen molar-refractivity contribution in [1.29, 1.82) is 0 Å². The topological polar surface area (TPSA) is 69.5 Å². The molecule has 6 heteroatoms. The van der Waals surface area contributed by atoms with E-state index in [1.807, 2.05) is 19.2 Å². The van der Waals surface area contributed by atoms with Crippen molar-refractivity contribution in [1.82, 2.24) is 20.2 Å². The van der Waals surface area contributed by atoms with Crippen LogP contribution in [0.15, 0.2) is 52.7 Å². The van der Waals surface area contributed by atoms with Crippen LogP contribution in [0.3, 0.4) is 0 Å². The Morgan fingerprint density at radius 2 is 2.13 bits per heavy atom. The average molecular weight is 308 g/mol. The molecular weight excluding hydrogens is 288 g/mol. The predicted molar refractivity (Wildman–Crippen MR) is 90.4 cm³/mol. The van der Waals surface area contributed by atoms with Gasteiger partial charge in [0, 0.05) is 37.0 Å². The Labute approximate surface area is 135 Å². The number of likely N-dealkylation sites (N-methyl/N-ethyl adjacent to an activating group) is 1. The Kier molecular flexibility index (Phi) is 4.61. The maximum Gasteiger partial charge on any atom is 0.0959 e. The zero-order valence-corrected chi connectivity index (χ0v) is 13.4. The Bertz CT molecular complexity index is 742. The maximum absolute atomic E-state index is 4.47. The first-order valence-corrected chi connectivity index (χ1v) is 7.74. The summed E-state index contributed by atoms with van der Waals surface area (Å²) in [7, 11) is 1.91. The lowest BCUT2D eigenvalue weighted by atomic mass is 10.0. The van der Waals surface area contributed by atoms with Gasteiger partial charge in [-0.15, -0.1) is 5.11 Å². The van der Waals surface area contributed by atoms with E-state index < -0.39 is 0 Å². The first kappa shape index (κ1) is 15.1. The number of rotatable bonds is 5. The van der Waals surface area contributed by atoms with Crippen LogP contribution in [-0.4, -0.2) is 33.8 Å². The predicted octanol–water partition coefficient (Wildman–Crippen LogP) is 3.63. The first-order chi connectivity index (χ1) is 11.3. The summed E-state index contributed by atoms with van der Waals surface area (Å²) in [6.45, 7) is 2.95. The second-order valence-corrected chi connectivity index (χ2v) is 5.39. The fourth-order valence-corrected chi connectivity index (χ4v) is 2.49. The molecule has 1 aliphatic heterocycles. The highest BCUT2D eigenvalue weighted by atomic mass is 15.5. The fourth-order valence-electron chi connectivity index (χ4n) is 2.49. The number of pyridine rings is 1. The monoisotopic (exact) mass is 308 g/mol. The zero-order chi connectivity index (χ0) is 16.1. The number of nitrogens with one attached hydrogen (secondary N) is 1. The standard InChI is InChI=1S/C17H20N6/c1-3-15-16(6-4-5-14-9-12-23(2)22-19-14)20-21-17(15)13-7-10-18-11-8-13/h4,6-11H,3,5,12H2,1-2H3,(H,20,21)/b6-4-. The number of hydrogen-bond donors (Lipinski definition) is 1. The minimum Gasteiger partial charge on any atom is -0.278 e. The molecule has 0 bridgehead atoms. The van der Waals surface area contributed by atoms with Gasteiger partial charge in [0.05, 0.1) is 23.6 Å². The van der Waals surface area contributed by atoms with Gasteiger partial charge in [0.2, 0.25) is 0 Å². The third-order valence-electron chi connectivity index (χ3n) is 3.73. The third kappa shape index (κ3) is 3.53. The number of aromatic amines is 1. The molecular formula is C17H20N6. The normalized spacial score (nSPS) is 14.5. The van der Waals surface area contributed by atoms with Crippen molar-refractivity contribution in [3.8, 4) is 11.3 Å². The summed E-state index contributed by atoms with van der Waals surface area (Å²) < 4.78 is 0. The van der Waals surface area contributed by atoms with Crippen LogP contribution in [0.4, 0.5) is 0 Å². The van der Waals surface area contributed by atoms with Crippen molar-refractivity contribution in [2.24, 2.45) is 10.3 Å². The van der Waals surface area contributed by atoms with Gasteiger partial charge in [0.1, 0.15) is 0 Å². The number of hydrogen-bond acceptors (Lipinski definition) is 5. The highest BCUT2D eigenvalue weighted by Gasteiger charge is 2.11. The Balaban J connectivity index is 1.75. The molecule has 2 aromatic rings.